The van der Waals surface area contributed by atoms with Crippen molar-refractivity contribution in [2.75, 3.05) is 5.73 Å². The Balaban J connectivity index is 2.25. The maximum Gasteiger partial charge on any atom is 0.139 e. The van der Waals surface area contributed by atoms with Gasteiger partial charge in [0.05, 0.1) is 11.5 Å². The molecular formula is C12H11N3OS. The van der Waals surface area contributed by atoms with Gasteiger partial charge in [-0.25, -0.2) is 4.98 Å². The van der Waals surface area contributed by atoms with Crippen molar-refractivity contribution in [1.29, 1.82) is 0 Å². The highest BCUT2D eigenvalue weighted by atomic mass is 32.1. The quantitative estimate of drug-likeness (QED) is 0.727. The van der Waals surface area contributed by atoms with Crippen LogP contribution in [0.15, 0.2) is 35.8 Å². The van der Waals surface area contributed by atoms with E-state index in [4.69, 9.17) is 10.8 Å². The molecule has 0 fully saturated rings. The first-order valence-corrected chi connectivity index (χ1v) is 6.09. The number of rotatable bonds is 2. The number of aliphatic hydroxyl groups excluding tert-OH is 1. The smallest absolute Gasteiger partial charge is 0.139 e. The Hall–Kier alpha value is -1.85. The van der Waals surface area contributed by atoms with Crippen LogP contribution in [0.5, 0.6) is 0 Å². The van der Waals surface area contributed by atoms with Gasteiger partial charge in [-0.05, 0) is 23.1 Å². The summed E-state index contributed by atoms with van der Waals surface area (Å²) in [5.74, 6) is 0.609. The monoisotopic (exact) mass is 245 g/mol. The zero-order valence-corrected chi connectivity index (χ0v) is 9.81. The van der Waals surface area contributed by atoms with Crippen LogP contribution < -0.4 is 5.73 Å². The van der Waals surface area contributed by atoms with Crippen molar-refractivity contribution in [2.24, 2.45) is 0 Å². The molecule has 3 aromatic heterocycles. The summed E-state index contributed by atoms with van der Waals surface area (Å²) in [5, 5.41) is 11.1. The molecule has 0 aliphatic carbocycles. The first-order chi connectivity index (χ1) is 8.29. The number of hydrogen-bond donors (Lipinski definition) is 2. The van der Waals surface area contributed by atoms with Gasteiger partial charge in [0.1, 0.15) is 17.2 Å². The average molecular weight is 245 g/mol. The van der Waals surface area contributed by atoms with Gasteiger partial charge >= 0.3 is 0 Å². The molecule has 0 atom stereocenters. The van der Waals surface area contributed by atoms with Gasteiger partial charge in [-0.2, -0.15) is 0 Å². The van der Waals surface area contributed by atoms with Crippen LogP contribution in [0.2, 0.25) is 0 Å². The van der Waals surface area contributed by atoms with Crippen LogP contribution in [0.3, 0.4) is 0 Å². The van der Waals surface area contributed by atoms with Gasteiger partial charge in [0.2, 0.25) is 0 Å². The predicted molar refractivity (Wildman–Crippen MR) is 68.8 cm³/mol. The maximum absolute atomic E-state index is 9.11. The SMILES string of the molecule is Nc1c(-c2cccs2)nc2ccc(CO)cn12. The van der Waals surface area contributed by atoms with Crippen LogP contribution in [0, 0.1) is 0 Å². The van der Waals surface area contributed by atoms with Crippen LogP contribution in [-0.2, 0) is 6.61 Å². The molecule has 0 aliphatic rings. The number of aliphatic hydroxyl groups is 1. The molecule has 0 saturated heterocycles. The lowest BCUT2D eigenvalue weighted by Gasteiger charge is -1.99. The molecule has 0 bridgehead atoms. The van der Waals surface area contributed by atoms with Crippen molar-refractivity contribution < 1.29 is 5.11 Å². The average Bonchev–Trinajstić information content (AvgIpc) is 2.97. The molecule has 17 heavy (non-hydrogen) atoms. The number of nitrogens with zero attached hydrogens (tertiary/aromatic N) is 2. The minimum Gasteiger partial charge on any atom is -0.392 e. The van der Waals surface area contributed by atoms with Gasteiger partial charge in [-0.3, -0.25) is 4.40 Å². The van der Waals surface area contributed by atoms with Crippen LogP contribution >= 0.6 is 11.3 Å². The van der Waals surface area contributed by atoms with E-state index in [0.717, 1.165) is 21.8 Å². The van der Waals surface area contributed by atoms with Gasteiger partial charge in [0.25, 0.3) is 0 Å². The largest absolute Gasteiger partial charge is 0.392 e. The fourth-order valence-electron chi connectivity index (χ4n) is 1.80. The number of imidazole rings is 1. The minimum absolute atomic E-state index is 0.00188. The summed E-state index contributed by atoms with van der Waals surface area (Å²) in [4.78, 5) is 5.55. The second-order valence-electron chi connectivity index (χ2n) is 3.75. The second-order valence-corrected chi connectivity index (χ2v) is 4.69. The molecule has 0 unspecified atom stereocenters. The molecule has 0 radical (unpaired) electrons. The molecule has 4 nitrogen and oxygen atoms in total. The molecule has 86 valence electrons. The van der Waals surface area contributed by atoms with Crippen LogP contribution in [0.4, 0.5) is 5.82 Å². The lowest BCUT2D eigenvalue weighted by atomic mass is 10.3. The van der Waals surface area contributed by atoms with Crippen molar-refractivity contribution in [3.63, 3.8) is 0 Å². The molecule has 3 aromatic rings. The van der Waals surface area contributed by atoms with Gasteiger partial charge < -0.3 is 10.8 Å². The van der Waals surface area contributed by atoms with Crippen molar-refractivity contribution in [3.8, 4) is 10.6 Å². The summed E-state index contributed by atoms with van der Waals surface area (Å²) in [6.45, 7) is 0.00188. The Labute approximate surface area is 102 Å². The molecule has 0 aromatic carbocycles. The van der Waals surface area contributed by atoms with E-state index in [0.29, 0.717) is 5.82 Å². The molecule has 3 heterocycles. The van der Waals surface area contributed by atoms with E-state index in [2.05, 4.69) is 4.98 Å². The van der Waals surface area contributed by atoms with Crippen molar-refractivity contribution >= 4 is 22.8 Å². The molecule has 0 aliphatic heterocycles. The van der Waals surface area contributed by atoms with Gasteiger partial charge in [-0.1, -0.05) is 12.1 Å². The van der Waals surface area contributed by atoms with E-state index in [1.54, 1.807) is 15.7 Å². The van der Waals surface area contributed by atoms with Gasteiger partial charge in [0, 0.05) is 6.20 Å². The van der Waals surface area contributed by atoms with Crippen LogP contribution in [-0.4, -0.2) is 14.5 Å². The van der Waals surface area contributed by atoms with E-state index in [1.807, 2.05) is 35.8 Å². The molecule has 3 rings (SSSR count). The summed E-state index contributed by atoms with van der Waals surface area (Å²) in [7, 11) is 0. The number of pyridine rings is 1. The third-order valence-electron chi connectivity index (χ3n) is 2.65. The first-order valence-electron chi connectivity index (χ1n) is 5.21. The molecular weight excluding hydrogens is 234 g/mol. The van der Waals surface area contributed by atoms with Crippen LogP contribution in [0.1, 0.15) is 5.56 Å². The highest BCUT2D eigenvalue weighted by Crippen LogP contribution is 2.29. The van der Waals surface area contributed by atoms with Gasteiger partial charge in [0.15, 0.2) is 0 Å². The third-order valence-corrected chi connectivity index (χ3v) is 3.53. The summed E-state index contributed by atoms with van der Waals surface area (Å²) in [6.07, 6.45) is 1.81. The first kappa shape index (κ1) is 10.3. The number of aromatic nitrogens is 2. The Bertz CT molecular complexity index is 658. The zero-order valence-electron chi connectivity index (χ0n) is 9.00. The van der Waals surface area contributed by atoms with E-state index < -0.39 is 0 Å². The maximum atomic E-state index is 9.11. The summed E-state index contributed by atoms with van der Waals surface area (Å²) >= 11 is 1.61. The highest BCUT2D eigenvalue weighted by Gasteiger charge is 2.11. The zero-order chi connectivity index (χ0) is 11.8. The second kappa shape index (κ2) is 3.87. The Kier molecular flexibility index (Phi) is 2.35. The predicted octanol–water partition coefficient (Wildman–Crippen LogP) is 2.14. The normalized spacial score (nSPS) is 11.1. The van der Waals surface area contributed by atoms with Crippen molar-refractivity contribution in [3.05, 3.63) is 41.4 Å². The summed E-state index contributed by atoms with van der Waals surface area (Å²) < 4.78 is 1.81. The standard InChI is InChI=1S/C12H11N3OS/c13-12-11(9-2-1-5-17-9)14-10-4-3-8(7-16)6-15(10)12/h1-6,16H,7,13H2. The fourth-order valence-corrected chi connectivity index (χ4v) is 2.52. The summed E-state index contributed by atoms with van der Waals surface area (Å²) in [5.41, 5.74) is 8.49. The topological polar surface area (TPSA) is 63.5 Å². The lowest BCUT2D eigenvalue weighted by molar-refractivity contribution is 0.281. The lowest BCUT2D eigenvalue weighted by Crippen LogP contribution is -1.95. The van der Waals surface area contributed by atoms with Crippen LogP contribution in [0.25, 0.3) is 16.2 Å². The fraction of sp³-hybridized carbons (Fsp3) is 0.0833. The number of hydrogen-bond acceptors (Lipinski definition) is 4. The van der Waals surface area contributed by atoms with E-state index in [1.165, 1.54) is 0 Å². The number of nitrogen functional groups attached to an aromatic ring is 1. The summed E-state index contributed by atoms with van der Waals surface area (Å²) in [6, 6.07) is 7.68. The Morgan fingerprint density at radius 2 is 2.24 bits per heavy atom. The third kappa shape index (κ3) is 1.60. The minimum atomic E-state index is 0.00188. The molecule has 0 amide bonds. The van der Waals surface area contributed by atoms with E-state index >= 15 is 0 Å². The van der Waals surface area contributed by atoms with Crippen molar-refractivity contribution in [2.45, 2.75) is 6.61 Å². The number of anilines is 1. The molecule has 0 saturated carbocycles. The van der Waals surface area contributed by atoms with Gasteiger partial charge in [-0.15, -0.1) is 11.3 Å². The van der Waals surface area contributed by atoms with E-state index in [9.17, 15) is 0 Å². The number of fused-ring (bicyclic) bond motifs is 1. The molecule has 5 heteroatoms. The molecule has 0 spiro atoms. The highest BCUT2D eigenvalue weighted by molar-refractivity contribution is 7.13. The Morgan fingerprint density at radius 1 is 1.35 bits per heavy atom. The van der Waals surface area contributed by atoms with Crippen molar-refractivity contribution in [1.82, 2.24) is 9.38 Å². The Morgan fingerprint density at radius 3 is 2.94 bits per heavy atom. The number of thiophene rings is 1. The number of nitrogens with two attached hydrogens (primary N) is 1. The van der Waals surface area contributed by atoms with E-state index in [-0.39, 0.29) is 6.61 Å². The molecule has 3 N–H and O–H groups in total.